The van der Waals surface area contributed by atoms with Crippen molar-refractivity contribution in [1.29, 1.82) is 0 Å². The zero-order valence-electron chi connectivity index (χ0n) is 14.5. The molecule has 1 saturated heterocycles. The fourth-order valence-corrected chi connectivity index (χ4v) is 4.51. The summed E-state index contributed by atoms with van der Waals surface area (Å²) >= 11 is 0. The number of aromatic nitrogens is 1. The van der Waals surface area contributed by atoms with E-state index >= 15 is 0 Å². The molecule has 140 valence electrons. The molecule has 4 rings (SSSR count). The lowest BCUT2D eigenvalue weighted by atomic mass is 10.0. The van der Waals surface area contributed by atoms with Crippen LogP contribution in [0.3, 0.4) is 0 Å². The number of nitrogens with zero attached hydrogens (tertiary/aromatic N) is 1. The van der Waals surface area contributed by atoms with Crippen LogP contribution in [0.25, 0.3) is 21.8 Å². The number of hydrogen-bond acceptors (Lipinski definition) is 4. The Kier molecular flexibility index (Phi) is 4.24. The highest BCUT2D eigenvalue weighted by atomic mass is 32.2. The van der Waals surface area contributed by atoms with E-state index in [4.69, 9.17) is 5.14 Å². The van der Waals surface area contributed by atoms with Crippen molar-refractivity contribution in [3.8, 4) is 0 Å². The lowest BCUT2D eigenvalue weighted by Crippen LogP contribution is -2.47. The van der Waals surface area contributed by atoms with Crippen molar-refractivity contribution in [2.45, 2.75) is 18.1 Å². The lowest BCUT2D eigenvalue weighted by Gasteiger charge is -2.31. The molecule has 0 saturated carbocycles. The second-order valence-electron chi connectivity index (χ2n) is 6.86. The minimum absolute atomic E-state index is 0.0732. The smallest absolute Gasteiger partial charge is 0.253 e. The number of pyridine rings is 1. The monoisotopic (exact) mass is 385 g/mol. The Bertz CT molecular complexity index is 1220. The first kappa shape index (κ1) is 17.7. The first-order valence-corrected chi connectivity index (χ1v) is 10.3. The number of amides is 1. The highest BCUT2D eigenvalue weighted by molar-refractivity contribution is 7.89. The normalized spacial score (nSPS) is 18.1. The van der Waals surface area contributed by atoms with Crippen molar-refractivity contribution in [2.24, 2.45) is 5.14 Å². The Morgan fingerprint density at radius 3 is 2.63 bits per heavy atom. The van der Waals surface area contributed by atoms with Gasteiger partial charge in [-0.3, -0.25) is 9.59 Å². The van der Waals surface area contributed by atoms with Crippen molar-refractivity contribution < 1.29 is 13.2 Å². The van der Waals surface area contributed by atoms with Crippen LogP contribution in [0.15, 0.2) is 47.3 Å². The second-order valence-corrected chi connectivity index (χ2v) is 8.71. The summed E-state index contributed by atoms with van der Waals surface area (Å²) in [7, 11) is -3.69. The minimum atomic E-state index is -3.69. The van der Waals surface area contributed by atoms with Gasteiger partial charge < -0.3 is 9.88 Å². The molecule has 3 N–H and O–H groups in total. The van der Waals surface area contributed by atoms with Gasteiger partial charge in [0.05, 0.1) is 5.25 Å². The number of nitrogens with one attached hydrogen (secondary N) is 1. The van der Waals surface area contributed by atoms with Crippen LogP contribution in [-0.4, -0.2) is 42.5 Å². The van der Waals surface area contributed by atoms with E-state index in [9.17, 15) is 18.0 Å². The van der Waals surface area contributed by atoms with Gasteiger partial charge in [0.2, 0.25) is 10.0 Å². The SMILES string of the molecule is NS(=O)(=O)[C@@H]1CCCN(C(=O)c2ccc3[nH]c4ccccc4c(=O)c3c2)C1. The third kappa shape index (κ3) is 3.22. The first-order valence-electron chi connectivity index (χ1n) is 8.70. The Balaban J connectivity index is 1.73. The number of nitrogens with two attached hydrogens (primary N) is 1. The molecule has 1 amide bonds. The molecule has 3 aromatic rings. The number of rotatable bonds is 2. The van der Waals surface area contributed by atoms with E-state index in [-0.39, 0.29) is 17.9 Å². The third-order valence-corrected chi connectivity index (χ3v) is 6.40. The van der Waals surface area contributed by atoms with E-state index in [1.165, 1.54) is 4.90 Å². The highest BCUT2D eigenvalue weighted by Gasteiger charge is 2.31. The van der Waals surface area contributed by atoms with Crippen LogP contribution in [0.4, 0.5) is 0 Å². The van der Waals surface area contributed by atoms with Gasteiger partial charge in [0.25, 0.3) is 5.91 Å². The van der Waals surface area contributed by atoms with Gasteiger partial charge >= 0.3 is 0 Å². The molecular formula is C19H19N3O4S. The molecule has 1 aliphatic rings. The standard InChI is InChI=1S/C19H19N3O4S/c20-27(25,26)13-4-3-9-22(11-13)19(24)12-7-8-17-15(10-12)18(23)14-5-1-2-6-16(14)21-17/h1-2,5-8,10,13H,3-4,9,11H2,(H,21,23)(H2,20,25,26)/t13-/m1/s1. The zero-order valence-corrected chi connectivity index (χ0v) is 15.3. The number of carbonyl (C=O) groups excluding carboxylic acids is 1. The number of likely N-dealkylation sites (tertiary alicyclic amines) is 1. The van der Waals surface area contributed by atoms with Gasteiger partial charge in [-0.25, -0.2) is 13.6 Å². The summed E-state index contributed by atoms with van der Waals surface area (Å²) in [6.07, 6.45) is 1.03. The van der Waals surface area contributed by atoms with Gasteiger partial charge in [0, 0.05) is 40.5 Å². The van der Waals surface area contributed by atoms with Crippen LogP contribution < -0.4 is 10.6 Å². The van der Waals surface area contributed by atoms with Crippen LogP contribution >= 0.6 is 0 Å². The first-order chi connectivity index (χ1) is 12.8. The number of carbonyl (C=O) groups is 1. The largest absolute Gasteiger partial charge is 0.354 e. The molecule has 0 spiro atoms. The number of piperidine rings is 1. The molecule has 0 bridgehead atoms. The van der Waals surface area contributed by atoms with Gasteiger partial charge in [0.15, 0.2) is 5.43 Å². The number of sulfonamides is 1. The van der Waals surface area contributed by atoms with Crippen LogP contribution in [-0.2, 0) is 10.0 Å². The average Bonchev–Trinajstić information content (AvgIpc) is 2.67. The molecule has 0 aliphatic carbocycles. The summed E-state index contributed by atoms with van der Waals surface area (Å²) in [5, 5.41) is 5.49. The molecule has 27 heavy (non-hydrogen) atoms. The van der Waals surface area contributed by atoms with Gasteiger partial charge in [-0.2, -0.15) is 0 Å². The topological polar surface area (TPSA) is 113 Å². The van der Waals surface area contributed by atoms with Crippen LogP contribution in [0.2, 0.25) is 0 Å². The molecule has 0 radical (unpaired) electrons. The predicted molar refractivity (Wildman–Crippen MR) is 104 cm³/mol. The fourth-order valence-electron chi connectivity index (χ4n) is 3.63. The van der Waals surface area contributed by atoms with E-state index < -0.39 is 15.3 Å². The third-order valence-electron chi connectivity index (χ3n) is 5.08. The van der Waals surface area contributed by atoms with Crippen molar-refractivity contribution in [3.63, 3.8) is 0 Å². The zero-order chi connectivity index (χ0) is 19.2. The summed E-state index contributed by atoms with van der Waals surface area (Å²) in [6.45, 7) is 0.542. The van der Waals surface area contributed by atoms with Gasteiger partial charge in [-0.15, -0.1) is 0 Å². The number of primary sulfonamides is 1. The summed E-state index contributed by atoms with van der Waals surface area (Å²) in [5.41, 5.74) is 1.60. The Hall–Kier alpha value is -2.71. The molecule has 1 aliphatic heterocycles. The number of hydrogen-bond donors (Lipinski definition) is 2. The molecule has 7 nitrogen and oxygen atoms in total. The molecule has 8 heteroatoms. The number of fused-ring (bicyclic) bond motifs is 2. The summed E-state index contributed by atoms with van der Waals surface area (Å²) < 4.78 is 23.3. The predicted octanol–water partition coefficient (Wildman–Crippen LogP) is 1.57. The molecule has 2 aromatic carbocycles. The maximum atomic E-state index is 12.9. The Morgan fingerprint density at radius 1 is 1.11 bits per heavy atom. The maximum absolute atomic E-state index is 12.9. The van der Waals surface area contributed by atoms with E-state index in [1.807, 2.05) is 12.1 Å². The Morgan fingerprint density at radius 2 is 1.85 bits per heavy atom. The highest BCUT2D eigenvalue weighted by Crippen LogP contribution is 2.20. The molecule has 2 heterocycles. The average molecular weight is 385 g/mol. The molecule has 1 atom stereocenters. The van der Waals surface area contributed by atoms with E-state index in [0.717, 1.165) is 5.52 Å². The number of benzene rings is 2. The van der Waals surface area contributed by atoms with Crippen LogP contribution in [0, 0.1) is 0 Å². The second kappa shape index (κ2) is 6.47. The van der Waals surface area contributed by atoms with Crippen molar-refractivity contribution >= 4 is 37.7 Å². The molecule has 0 unspecified atom stereocenters. The van der Waals surface area contributed by atoms with Gasteiger partial charge in [-0.1, -0.05) is 12.1 Å². The molecular weight excluding hydrogens is 366 g/mol. The van der Waals surface area contributed by atoms with Crippen molar-refractivity contribution in [2.75, 3.05) is 13.1 Å². The quantitative estimate of drug-likeness (QED) is 0.652. The summed E-state index contributed by atoms with van der Waals surface area (Å²) in [6, 6.07) is 12.1. The van der Waals surface area contributed by atoms with E-state index in [1.54, 1.807) is 30.3 Å². The van der Waals surface area contributed by atoms with E-state index in [0.29, 0.717) is 41.2 Å². The van der Waals surface area contributed by atoms with E-state index in [2.05, 4.69) is 4.98 Å². The fraction of sp³-hybridized carbons (Fsp3) is 0.263. The van der Waals surface area contributed by atoms with Gasteiger partial charge in [-0.05, 0) is 43.2 Å². The molecule has 1 fully saturated rings. The summed E-state index contributed by atoms with van der Waals surface area (Å²) in [4.78, 5) is 30.3. The molecule has 1 aromatic heterocycles. The Labute approximate surface area is 155 Å². The van der Waals surface area contributed by atoms with Gasteiger partial charge in [0.1, 0.15) is 0 Å². The van der Waals surface area contributed by atoms with Crippen molar-refractivity contribution in [3.05, 3.63) is 58.3 Å². The summed E-state index contributed by atoms with van der Waals surface area (Å²) in [5.74, 6) is -0.294. The lowest BCUT2D eigenvalue weighted by molar-refractivity contribution is 0.0727. The minimum Gasteiger partial charge on any atom is -0.354 e. The number of para-hydroxylation sites is 1. The van der Waals surface area contributed by atoms with Crippen LogP contribution in [0.5, 0.6) is 0 Å². The number of H-pyrrole nitrogens is 1. The van der Waals surface area contributed by atoms with Crippen LogP contribution in [0.1, 0.15) is 23.2 Å². The van der Waals surface area contributed by atoms with Crippen molar-refractivity contribution in [1.82, 2.24) is 9.88 Å². The number of aromatic amines is 1. The maximum Gasteiger partial charge on any atom is 0.253 e.